The van der Waals surface area contributed by atoms with Crippen molar-refractivity contribution in [2.45, 2.75) is 19.3 Å². The molecule has 0 N–H and O–H groups in total. The van der Waals surface area contributed by atoms with Crippen molar-refractivity contribution in [1.82, 2.24) is 4.57 Å². The van der Waals surface area contributed by atoms with Gasteiger partial charge in [-0.3, -0.25) is 0 Å². The minimum absolute atomic E-state index is 0.104. The Labute approximate surface area is 345 Å². The van der Waals surface area contributed by atoms with Crippen molar-refractivity contribution < 1.29 is 0 Å². The maximum absolute atomic E-state index is 2.41. The van der Waals surface area contributed by atoms with Crippen molar-refractivity contribution in [3.63, 3.8) is 0 Å². The molecule has 0 radical (unpaired) electrons. The molecule has 2 nitrogen and oxygen atoms in total. The Morgan fingerprint density at radius 1 is 0.339 bits per heavy atom. The summed E-state index contributed by atoms with van der Waals surface area (Å²) < 4.78 is 2.37. The molecule has 2 heteroatoms. The van der Waals surface area contributed by atoms with Crippen LogP contribution in [-0.2, 0) is 5.41 Å². The van der Waals surface area contributed by atoms with Gasteiger partial charge in [-0.2, -0.15) is 0 Å². The van der Waals surface area contributed by atoms with Crippen LogP contribution in [0, 0.1) is 0 Å². The highest BCUT2D eigenvalue weighted by molar-refractivity contribution is 6.10. The van der Waals surface area contributed by atoms with E-state index in [-0.39, 0.29) is 5.41 Å². The van der Waals surface area contributed by atoms with Gasteiger partial charge in [-0.05, 0) is 128 Å². The molecule has 10 aromatic rings. The molecule has 0 saturated carbocycles. The molecule has 1 heterocycles. The second-order valence-corrected chi connectivity index (χ2v) is 16.2. The highest BCUT2D eigenvalue weighted by Crippen LogP contribution is 2.51. The molecule has 1 aliphatic rings. The van der Waals surface area contributed by atoms with Crippen molar-refractivity contribution in [1.29, 1.82) is 0 Å². The molecule has 280 valence electrons. The number of fused-ring (bicyclic) bond motifs is 6. The molecule has 0 spiro atoms. The summed E-state index contributed by atoms with van der Waals surface area (Å²) in [5, 5.41) is 2.51. The van der Waals surface area contributed by atoms with Crippen LogP contribution in [0.5, 0.6) is 0 Å². The molecule has 0 fully saturated rings. The minimum atomic E-state index is -0.104. The third-order valence-electron chi connectivity index (χ3n) is 12.4. The second-order valence-electron chi connectivity index (χ2n) is 16.2. The molecular weight excluding hydrogens is 713 g/mol. The third-order valence-corrected chi connectivity index (χ3v) is 12.4. The van der Waals surface area contributed by atoms with Gasteiger partial charge in [-0.15, -0.1) is 0 Å². The van der Waals surface area contributed by atoms with Gasteiger partial charge in [-0.25, -0.2) is 0 Å². The number of aromatic nitrogens is 1. The fraction of sp³-hybridized carbons (Fsp3) is 0.0526. The predicted octanol–water partition coefficient (Wildman–Crippen LogP) is 15.6. The van der Waals surface area contributed by atoms with Gasteiger partial charge in [-0.1, -0.05) is 159 Å². The van der Waals surface area contributed by atoms with Gasteiger partial charge in [0.2, 0.25) is 0 Å². The zero-order valence-corrected chi connectivity index (χ0v) is 33.2. The van der Waals surface area contributed by atoms with Gasteiger partial charge >= 0.3 is 0 Å². The maximum Gasteiger partial charge on any atom is 0.0541 e. The van der Waals surface area contributed by atoms with Gasteiger partial charge in [0.1, 0.15) is 0 Å². The first-order valence-corrected chi connectivity index (χ1v) is 20.5. The number of anilines is 3. The maximum atomic E-state index is 2.41. The van der Waals surface area contributed by atoms with Crippen molar-refractivity contribution in [2.75, 3.05) is 4.90 Å². The van der Waals surface area contributed by atoms with Crippen LogP contribution in [0.3, 0.4) is 0 Å². The van der Waals surface area contributed by atoms with Gasteiger partial charge < -0.3 is 9.47 Å². The van der Waals surface area contributed by atoms with E-state index in [0.717, 1.165) is 17.1 Å². The summed E-state index contributed by atoms with van der Waals surface area (Å²) in [6.45, 7) is 4.71. The Balaban J connectivity index is 0.994. The molecular formula is C57H42N2. The fourth-order valence-corrected chi connectivity index (χ4v) is 9.40. The van der Waals surface area contributed by atoms with E-state index in [2.05, 4.69) is 242 Å². The topological polar surface area (TPSA) is 8.17 Å². The van der Waals surface area contributed by atoms with E-state index in [1.54, 1.807) is 0 Å². The summed E-state index contributed by atoms with van der Waals surface area (Å²) in [6.07, 6.45) is 0. The Morgan fingerprint density at radius 3 is 1.56 bits per heavy atom. The van der Waals surface area contributed by atoms with Gasteiger partial charge in [0.05, 0.1) is 11.0 Å². The zero-order valence-electron chi connectivity index (χ0n) is 33.2. The standard InChI is InChI=1S/C57H42N2/c1-57(2)53-22-11-9-20-49(53)50-34-33-48(38-54(50)57)58(46-29-24-40(25-30-46)43-17-13-16-42(36-43)39-14-5-3-6-15-39)47-31-26-41(27-32-47)44-28-35-56-52(37-44)51-21-10-12-23-55(51)59(56)45-18-7-4-8-19-45/h3-38H,1-2H3. The highest BCUT2D eigenvalue weighted by Gasteiger charge is 2.35. The Bertz CT molecular complexity index is 3150. The number of hydrogen-bond acceptors (Lipinski definition) is 1. The molecule has 1 aromatic heterocycles. The van der Waals surface area contributed by atoms with Gasteiger partial charge in [0, 0.05) is 38.9 Å². The molecule has 1 aliphatic carbocycles. The van der Waals surface area contributed by atoms with Crippen molar-refractivity contribution >= 4 is 38.9 Å². The van der Waals surface area contributed by atoms with E-state index in [9.17, 15) is 0 Å². The number of nitrogens with zero attached hydrogens (tertiary/aromatic N) is 2. The van der Waals surface area contributed by atoms with E-state index in [1.165, 1.54) is 83.1 Å². The molecule has 0 atom stereocenters. The lowest BCUT2D eigenvalue weighted by Gasteiger charge is -2.28. The summed E-state index contributed by atoms with van der Waals surface area (Å²) in [5.41, 5.74) is 19.5. The van der Waals surface area contributed by atoms with Crippen LogP contribution in [0.1, 0.15) is 25.0 Å². The summed E-state index contributed by atoms with van der Waals surface area (Å²) >= 11 is 0. The second kappa shape index (κ2) is 13.9. The largest absolute Gasteiger partial charge is 0.310 e. The van der Waals surface area contributed by atoms with Crippen LogP contribution < -0.4 is 4.90 Å². The van der Waals surface area contributed by atoms with Gasteiger partial charge in [0.25, 0.3) is 0 Å². The first-order valence-electron chi connectivity index (χ1n) is 20.5. The quantitative estimate of drug-likeness (QED) is 0.157. The number of para-hydroxylation sites is 2. The van der Waals surface area contributed by atoms with E-state index < -0.39 is 0 Å². The van der Waals surface area contributed by atoms with E-state index in [4.69, 9.17) is 0 Å². The molecule has 9 aromatic carbocycles. The van der Waals surface area contributed by atoms with Crippen molar-refractivity contribution in [3.05, 3.63) is 230 Å². The lowest BCUT2D eigenvalue weighted by Crippen LogP contribution is -2.16. The Morgan fingerprint density at radius 2 is 0.847 bits per heavy atom. The van der Waals surface area contributed by atoms with Gasteiger partial charge in [0.15, 0.2) is 0 Å². The van der Waals surface area contributed by atoms with Crippen molar-refractivity contribution in [2.24, 2.45) is 0 Å². The van der Waals surface area contributed by atoms with Crippen LogP contribution in [0.25, 0.3) is 72.0 Å². The summed E-state index contributed by atoms with van der Waals surface area (Å²) in [7, 11) is 0. The van der Waals surface area contributed by atoms with Crippen LogP contribution in [-0.4, -0.2) is 4.57 Å². The minimum Gasteiger partial charge on any atom is -0.310 e. The third kappa shape index (κ3) is 5.87. The van der Waals surface area contributed by atoms with E-state index in [0.29, 0.717) is 0 Å². The average Bonchev–Trinajstić information content (AvgIpc) is 3.75. The lowest BCUT2D eigenvalue weighted by molar-refractivity contribution is 0.660. The predicted molar refractivity (Wildman–Crippen MR) is 249 cm³/mol. The smallest absolute Gasteiger partial charge is 0.0541 e. The SMILES string of the molecule is CC1(C)c2ccccc2-c2ccc(N(c3ccc(-c4cccc(-c5ccccc5)c4)cc3)c3ccc(-c4ccc5c(c4)c4ccccc4n5-c4ccccc4)cc3)cc21. The first-order chi connectivity index (χ1) is 29.0. The molecule has 0 bridgehead atoms. The molecule has 0 amide bonds. The van der Waals surface area contributed by atoms with Crippen LogP contribution in [0.4, 0.5) is 17.1 Å². The molecule has 0 saturated heterocycles. The highest BCUT2D eigenvalue weighted by atomic mass is 15.1. The normalized spacial score (nSPS) is 12.7. The van der Waals surface area contributed by atoms with E-state index >= 15 is 0 Å². The number of rotatable bonds is 7. The fourth-order valence-electron chi connectivity index (χ4n) is 9.40. The summed E-state index contributed by atoms with van der Waals surface area (Å²) in [4.78, 5) is 2.41. The molecule has 0 aliphatic heterocycles. The molecule has 0 unspecified atom stereocenters. The lowest BCUT2D eigenvalue weighted by atomic mass is 9.82. The average molecular weight is 755 g/mol. The zero-order chi connectivity index (χ0) is 39.5. The molecule has 11 rings (SSSR count). The number of hydrogen-bond donors (Lipinski definition) is 0. The number of benzene rings is 9. The van der Waals surface area contributed by atoms with Crippen LogP contribution in [0.2, 0.25) is 0 Å². The van der Waals surface area contributed by atoms with E-state index in [1.807, 2.05) is 0 Å². The Kier molecular flexibility index (Phi) is 8.20. The van der Waals surface area contributed by atoms with Crippen molar-refractivity contribution in [3.8, 4) is 50.2 Å². The van der Waals surface area contributed by atoms with Crippen LogP contribution in [0.15, 0.2) is 218 Å². The Hall–Kier alpha value is -7.42. The summed E-state index contributed by atoms with van der Waals surface area (Å²) in [6, 6.07) is 79.8. The van der Waals surface area contributed by atoms with Crippen LogP contribution >= 0.6 is 0 Å². The monoisotopic (exact) mass is 754 g/mol. The summed E-state index contributed by atoms with van der Waals surface area (Å²) in [5.74, 6) is 0. The first kappa shape index (κ1) is 34.8. The molecule has 59 heavy (non-hydrogen) atoms.